The molecule has 0 aliphatic carbocycles. The molecule has 0 radical (unpaired) electrons. The second kappa shape index (κ2) is 56.7. The highest BCUT2D eigenvalue weighted by molar-refractivity contribution is 5.70. The van der Waals surface area contributed by atoms with Gasteiger partial charge >= 0.3 is 11.9 Å². The second-order valence-electron chi connectivity index (χ2n) is 20.1. The molecule has 0 spiro atoms. The van der Waals surface area contributed by atoms with E-state index in [9.17, 15) is 14.7 Å². The van der Waals surface area contributed by atoms with Gasteiger partial charge in [0.2, 0.25) is 0 Å². The lowest BCUT2D eigenvalue weighted by Crippen LogP contribution is -2.28. The van der Waals surface area contributed by atoms with E-state index in [1.807, 2.05) is 0 Å². The molecule has 0 heterocycles. The standard InChI is InChI=1S/C60H114O5/c1-3-5-7-9-11-13-15-17-19-21-22-23-24-25-26-27-28-29-30-31-32-33-34-35-36-37-38-39-41-43-45-47-49-51-53-55-60(63)65-58(56-61)57-64-59(62)54-52-50-48-46-44-42-40-20-18-16-14-12-10-8-6-4-2/h20-22,40,58,61H,3-19,23-39,41-57H2,1-2H3/b22-21-,40-20-. The zero-order chi connectivity index (χ0) is 47.0. The third kappa shape index (κ3) is 54.9. The Bertz CT molecular complexity index is 990. The van der Waals surface area contributed by atoms with Gasteiger partial charge in [-0.25, -0.2) is 0 Å². The van der Waals surface area contributed by atoms with Crippen LogP contribution in [0, 0.1) is 0 Å². The maximum Gasteiger partial charge on any atom is 0.306 e. The summed E-state index contributed by atoms with van der Waals surface area (Å²) < 4.78 is 10.7. The molecule has 1 unspecified atom stereocenters. The minimum Gasteiger partial charge on any atom is -0.462 e. The lowest BCUT2D eigenvalue weighted by atomic mass is 10.0. The summed E-state index contributed by atoms with van der Waals surface area (Å²) in [6, 6.07) is 0. The topological polar surface area (TPSA) is 72.8 Å². The van der Waals surface area contributed by atoms with Gasteiger partial charge < -0.3 is 14.6 Å². The maximum absolute atomic E-state index is 12.3. The van der Waals surface area contributed by atoms with Gasteiger partial charge in [-0.2, -0.15) is 0 Å². The molecule has 0 aliphatic rings. The number of carbonyl (C=O) groups is 2. The average molecular weight is 916 g/mol. The first-order chi connectivity index (χ1) is 32.1. The molecule has 5 nitrogen and oxygen atoms in total. The van der Waals surface area contributed by atoms with Crippen molar-refractivity contribution in [3.63, 3.8) is 0 Å². The summed E-state index contributed by atoms with van der Waals surface area (Å²) in [7, 11) is 0. The predicted molar refractivity (Wildman–Crippen MR) is 284 cm³/mol. The predicted octanol–water partition coefficient (Wildman–Crippen LogP) is 19.7. The molecule has 0 aliphatic heterocycles. The molecule has 0 aromatic rings. The van der Waals surface area contributed by atoms with Crippen molar-refractivity contribution < 1.29 is 24.2 Å². The Hall–Kier alpha value is -1.62. The number of carbonyl (C=O) groups excluding carboxylic acids is 2. The Morgan fingerprint density at radius 3 is 0.831 bits per heavy atom. The van der Waals surface area contributed by atoms with Crippen molar-refractivity contribution in [2.24, 2.45) is 0 Å². The van der Waals surface area contributed by atoms with Crippen LogP contribution in [-0.2, 0) is 19.1 Å². The summed E-state index contributed by atoms with van der Waals surface area (Å²) in [6.07, 6.45) is 71.8. The van der Waals surface area contributed by atoms with E-state index < -0.39 is 6.10 Å². The lowest BCUT2D eigenvalue weighted by Gasteiger charge is -2.15. The van der Waals surface area contributed by atoms with Crippen molar-refractivity contribution in [3.8, 4) is 0 Å². The van der Waals surface area contributed by atoms with E-state index in [-0.39, 0.29) is 25.2 Å². The van der Waals surface area contributed by atoms with Crippen LogP contribution in [0.4, 0.5) is 0 Å². The van der Waals surface area contributed by atoms with E-state index in [1.54, 1.807) is 0 Å². The number of hydrogen-bond acceptors (Lipinski definition) is 5. The zero-order valence-corrected chi connectivity index (χ0v) is 44.0. The first kappa shape index (κ1) is 63.4. The van der Waals surface area contributed by atoms with Crippen LogP contribution in [0.1, 0.15) is 328 Å². The molecule has 1 atom stereocenters. The molecule has 0 saturated heterocycles. The maximum atomic E-state index is 12.3. The largest absolute Gasteiger partial charge is 0.462 e. The van der Waals surface area contributed by atoms with Crippen molar-refractivity contribution in [2.45, 2.75) is 335 Å². The Morgan fingerprint density at radius 1 is 0.338 bits per heavy atom. The number of aliphatic hydroxyl groups excluding tert-OH is 1. The highest BCUT2D eigenvalue weighted by atomic mass is 16.6. The van der Waals surface area contributed by atoms with Crippen LogP contribution in [0.3, 0.4) is 0 Å². The quantitative estimate of drug-likeness (QED) is 0.0374. The minimum absolute atomic E-state index is 0.0646. The van der Waals surface area contributed by atoms with Crippen LogP contribution in [0.25, 0.3) is 0 Å². The van der Waals surface area contributed by atoms with Crippen LogP contribution in [-0.4, -0.2) is 36.4 Å². The van der Waals surface area contributed by atoms with Crippen LogP contribution in [0.15, 0.2) is 24.3 Å². The Morgan fingerprint density at radius 2 is 0.569 bits per heavy atom. The third-order valence-electron chi connectivity index (χ3n) is 13.5. The first-order valence-corrected chi connectivity index (χ1v) is 29.4. The number of unbranched alkanes of at least 4 members (excludes halogenated alkanes) is 43. The van der Waals surface area contributed by atoms with Gasteiger partial charge in [0.25, 0.3) is 0 Å². The van der Waals surface area contributed by atoms with Gasteiger partial charge in [0.15, 0.2) is 6.10 Å². The molecular weight excluding hydrogens is 801 g/mol. The lowest BCUT2D eigenvalue weighted by molar-refractivity contribution is -0.161. The van der Waals surface area contributed by atoms with E-state index >= 15 is 0 Å². The van der Waals surface area contributed by atoms with Crippen LogP contribution in [0.5, 0.6) is 0 Å². The number of hydrogen-bond donors (Lipinski definition) is 1. The molecule has 0 rings (SSSR count). The van der Waals surface area contributed by atoms with Crippen molar-refractivity contribution in [3.05, 3.63) is 24.3 Å². The third-order valence-corrected chi connectivity index (χ3v) is 13.5. The van der Waals surface area contributed by atoms with Crippen molar-refractivity contribution in [2.75, 3.05) is 13.2 Å². The van der Waals surface area contributed by atoms with Crippen LogP contribution in [0.2, 0.25) is 0 Å². The normalized spacial score (nSPS) is 12.2. The number of rotatable bonds is 55. The van der Waals surface area contributed by atoms with Gasteiger partial charge in [-0.1, -0.05) is 276 Å². The molecule has 0 aromatic heterocycles. The Labute approximate surface area is 406 Å². The second-order valence-corrected chi connectivity index (χ2v) is 20.1. The molecule has 5 heteroatoms. The molecule has 384 valence electrons. The fourth-order valence-corrected chi connectivity index (χ4v) is 9.02. The molecule has 0 aromatic carbocycles. The van der Waals surface area contributed by atoms with Gasteiger partial charge in [-0.3, -0.25) is 9.59 Å². The zero-order valence-electron chi connectivity index (χ0n) is 44.0. The Balaban J connectivity index is 3.38. The number of ether oxygens (including phenoxy) is 2. The van der Waals surface area contributed by atoms with Crippen LogP contribution >= 0.6 is 0 Å². The van der Waals surface area contributed by atoms with Crippen LogP contribution < -0.4 is 0 Å². The number of esters is 2. The molecule has 65 heavy (non-hydrogen) atoms. The van der Waals surface area contributed by atoms with Gasteiger partial charge in [0.05, 0.1) is 6.61 Å². The van der Waals surface area contributed by atoms with Gasteiger partial charge in [-0.05, 0) is 64.2 Å². The smallest absolute Gasteiger partial charge is 0.306 e. The van der Waals surface area contributed by atoms with E-state index in [0.717, 1.165) is 44.9 Å². The van der Waals surface area contributed by atoms with Gasteiger partial charge in [0, 0.05) is 12.8 Å². The first-order valence-electron chi connectivity index (χ1n) is 29.4. The van der Waals surface area contributed by atoms with Gasteiger partial charge in [0.1, 0.15) is 6.61 Å². The monoisotopic (exact) mass is 915 g/mol. The van der Waals surface area contributed by atoms with E-state index in [0.29, 0.717) is 12.8 Å². The van der Waals surface area contributed by atoms with Crippen molar-refractivity contribution in [1.29, 1.82) is 0 Å². The highest BCUT2D eigenvalue weighted by Gasteiger charge is 2.16. The number of aliphatic hydroxyl groups is 1. The summed E-state index contributed by atoms with van der Waals surface area (Å²) in [4.78, 5) is 24.5. The van der Waals surface area contributed by atoms with E-state index in [4.69, 9.17) is 9.47 Å². The summed E-state index contributed by atoms with van der Waals surface area (Å²) in [5.74, 6) is -0.583. The summed E-state index contributed by atoms with van der Waals surface area (Å²) in [5.41, 5.74) is 0. The molecular formula is C60H114O5. The summed E-state index contributed by atoms with van der Waals surface area (Å²) in [5, 5.41) is 9.64. The summed E-state index contributed by atoms with van der Waals surface area (Å²) in [6.45, 7) is 4.17. The SMILES string of the molecule is CCCCCCCCC/C=C\CCCCCCCC(=O)OCC(CO)OC(=O)CCCCCCCCCCCCCCCCCCCCCCCCC/C=C\CCCCCCCCCC. The van der Waals surface area contributed by atoms with Crippen molar-refractivity contribution >= 4 is 11.9 Å². The van der Waals surface area contributed by atoms with Crippen molar-refractivity contribution in [1.82, 2.24) is 0 Å². The number of allylic oxidation sites excluding steroid dienone is 4. The Kier molecular flexibility index (Phi) is 55.3. The highest BCUT2D eigenvalue weighted by Crippen LogP contribution is 2.17. The fraction of sp³-hybridized carbons (Fsp3) is 0.900. The molecule has 0 amide bonds. The minimum atomic E-state index is -0.771. The molecule has 0 bridgehead atoms. The molecule has 0 fully saturated rings. The fourth-order valence-electron chi connectivity index (χ4n) is 9.02. The van der Waals surface area contributed by atoms with E-state index in [2.05, 4.69) is 38.2 Å². The van der Waals surface area contributed by atoms with Gasteiger partial charge in [-0.15, -0.1) is 0 Å². The molecule has 1 N–H and O–H groups in total. The molecule has 0 saturated carbocycles. The average Bonchev–Trinajstić information content (AvgIpc) is 3.31. The van der Waals surface area contributed by atoms with E-state index in [1.165, 1.54) is 257 Å². The summed E-state index contributed by atoms with van der Waals surface area (Å²) >= 11 is 0.